The van der Waals surface area contributed by atoms with Crippen molar-refractivity contribution in [2.24, 2.45) is 0 Å². The summed E-state index contributed by atoms with van der Waals surface area (Å²) in [5.74, 6) is 2.07. The number of ether oxygens (including phenoxy) is 2. The Bertz CT molecular complexity index is 716. The standard InChI is InChI=1S/C18H20N2O2S/c1-12(2)14-4-3-5-15(9-14)20-18(23)19-10-13-6-7-16-17(8-13)22-11-21-16/h3-9,12H,10-11H2,1-2H3,(H2,19,20,23). The molecule has 1 aliphatic heterocycles. The van der Waals surface area contributed by atoms with Crippen LogP contribution in [0.2, 0.25) is 0 Å². The average molecular weight is 328 g/mol. The summed E-state index contributed by atoms with van der Waals surface area (Å²) in [7, 11) is 0. The lowest BCUT2D eigenvalue weighted by Crippen LogP contribution is -2.27. The van der Waals surface area contributed by atoms with Crippen molar-refractivity contribution in [3.8, 4) is 11.5 Å². The van der Waals surface area contributed by atoms with Gasteiger partial charge in [0, 0.05) is 12.2 Å². The third-order valence-corrected chi connectivity index (χ3v) is 3.95. The zero-order valence-corrected chi connectivity index (χ0v) is 14.1. The van der Waals surface area contributed by atoms with E-state index in [0.717, 1.165) is 22.7 Å². The van der Waals surface area contributed by atoms with E-state index < -0.39 is 0 Å². The highest BCUT2D eigenvalue weighted by Crippen LogP contribution is 2.32. The number of benzene rings is 2. The van der Waals surface area contributed by atoms with Crippen LogP contribution in [-0.2, 0) is 6.54 Å². The Morgan fingerprint density at radius 3 is 2.78 bits per heavy atom. The molecule has 0 aromatic heterocycles. The monoisotopic (exact) mass is 328 g/mol. The molecule has 0 fully saturated rings. The van der Waals surface area contributed by atoms with Crippen LogP contribution in [0.4, 0.5) is 5.69 Å². The maximum absolute atomic E-state index is 5.38. The lowest BCUT2D eigenvalue weighted by Gasteiger charge is -2.13. The molecule has 2 aromatic rings. The fraction of sp³-hybridized carbons (Fsp3) is 0.278. The molecule has 23 heavy (non-hydrogen) atoms. The molecular weight excluding hydrogens is 308 g/mol. The zero-order valence-electron chi connectivity index (χ0n) is 13.3. The van der Waals surface area contributed by atoms with Gasteiger partial charge in [0.15, 0.2) is 16.6 Å². The van der Waals surface area contributed by atoms with Crippen molar-refractivity contribution in [2.45, 2.75) is 26.3 Å². The van der Waals surface area contributed by atoms with Gasteiger partial charge in [-0.3, -0.25) is 0 Å². The first-order valence-electron chi connectivity index (χ1n) is 7.65. The summed E-state index contributed by atoms with van der Waals surface area (Å²) in [4.78, 5) is 0. The molecule has 0 spiro atoms. The van der Waals surface area contributed by atoms with Crippen molar-refractivity contribution in [3.63, 3.8) is 0 Å². The maximum atomic E-state index is 5.38. The van der Waals surface area contributed by atoms with Gasteiger partial charge in [-0.05, 0) is 53.5 Å². The molecule has 4 nitrogen and oxygen atoms in total. The van der Waals surface area contributed by atoms with Gasteiger partial charge in [0.2, 0.25) is 6.79 Å². The quantitative estimate of drug-likeness (QED) is 0.830. The van der Waals surface area contributed by atoms with E-state index in [1.165, 1.54) is 5.56 Å². The van der Waals surface area contributed by atoms with Crippen molar-refractivity contribution < 1.29 is 9.47 Å². The summed E-state index contributed by atoms with van der Waals surface area (Å²) in [6.45, 7) is 5.27. The SMILES string of the molecule is CC(C)c1cccc(NC(=S)NCc2ccc3c(c2)OCO3)c1. The normalized spacial score (nSPS) is 12.3. The van der Waals surface area contributed by atoms with Crippen LogP contribution in [0.15, 0.2) is 42.5 Å². The van der Waals surface area contributed by atoms with Crippen LogP contribution in [0.25, 0.3) is 0 Å². The molecular formula is C18H20N2O2S. The maximum Gasteiger partial charge on any atom is 0.231 e. The third-order valence-electron chi connectivity index (χ3n) is 3.70. The summed E-state index contributed by atoms with van der Waals surface area (Å²) in [6, 6.07) is 14.2. The number of hydrogen-bond donors (Lipinski definition) is 2. The van der Waals surface area contributed by atoms with E-state index in [1.807, 2.05) is 30.3 Å². The summed E-state index contributed by atoms with van der Waals surface area (Å²) in [5.41, 5.74) is 3.38. The second kappa shape index (κ2) is 6.87. The molecule has 3 rings (SSSR count). The average Bonchev–Trinajstić information content (AvgIpc) is 3.01. The minimum atomic E-state index is 0.290. The number of thiocarbonyl (C=S) groups is 1. The fourth-order valence-corrected chi connectivity index (χ4v) is 2.57. The number of nitrogens with one attached hydrogen (secondary N) is 2. The van der Waals surface area contributed by atoms with Crippen LogP contribution < -0.4 is 20.1 Å². The zero-order chi connectivity index (χ0) is 16.2. The minimum Gasteiger partial charge on any atom is -0.454 e. The largest absolute Gasteiger partial charge is 0.454 e. The molecule has 0 amide bonds. The van der Waals surface area contributed by atoms with E-state index in [9.17, 15) is 0 Å². The molecule has 1 heterocycles. The first kappa shape index (κ1) is 15.6. The lowest BCUT2D eigenvalue weighted by molar-refractivity contribution is 0.174. The van der Waals surface area contributed by atoms with E-state index in [0.29, 0.717) is 24.4 Å². The first-order valence-corrected chi connectivity index (χ1v) is 8.06. The van der Waals surface area contributed by atoms with Crippen LogP contribution in [0, 0.1) is 0 Å². The molecule has 2 aromatic carbocycles. The molecule has 120 valence electrons. The van der Waals surface area contributed by atoms with Gasteiger partial charge in [0.1, 0.15) is 0 Å². The van der Waals surface area contributed by atoms with Crippen LogP contribution in [0.1, 0.15) is 30.9 Å². The summed E-state index contributed by atoms with van der Waals surface area (Å²) in [6.07, 6.45) is 0. The number of fused-ring (bicyclic) bond motifs is 1. The van der Waals surface area contributed by atoms with Gasteiger partial charge in [0.05, 0.1) is 0 Å². The Kier molecular flexibility index (Phi) is 4.67. The predicted molar refractivity (Wildman–Crippen MR) is 96.2 cm³/mol. The molecule has 0 atom stereocenters. The number of anilines is 1. The molecule has 5 heteroatoms. The first-order chi connectivity index (χ1) is 11.1. The smallest absolute Gasteiger partial charge is 0.231 e. The van der Waals surface area contributed by atoms with E-state index in [4.69, 9.17) is 21.7 Å². The molecule has 2 N–H and O–H groups in total. The van der Waals surface area contributed by atoms with Gasteiger partial charge < -0.3 is 20.1 Å². The molecule has 0 radical (unpaired) electrons. The second-order valence-corrected chi connectivity index (χ2v) is 6.18. The Hall–Kier alpha value is -2.27. The molecule has 0 bridgehead atoms. The van der Waals surface area contributed by atoms with Gasteiger partial charge >= 0.3 is 0 Å². The van der Waals surface area contributed by atoms with Gasteiger partial charge in [-0.2, -0.15) is 0 Å². The van der Waals surface area contributed by atoms with E-state index in [1.54, 1.807) is 0 Å². The van der Waals surface area contributed by atoms with Crippen LogP contribution in [0.5, 0.6) is 11.5 Å². The van der Waals surface area contributed by atoms with Gasteiger partial charge in [0.25, 0.3) is 0 Å². The van der Waals surface area contributed by atoms with Crippen LogP contribution in [0.3, 0.4) is 0 Å². The van der Waals surface area contributed by atoms with Crippen molar-refractivity contribution in [1.29, 1.82) is 0 Å². The summed E-state index contributed by atoms with van der Waals surface area (Å²) >= 11 is 5.37. The van der Waals surface area contributed by atoms with Crippen molar-refractivity contribution >= 4 is 23.0 Å². The van der Waals surface area contributed by atoms with Gasteiger partial charge in [-0.15, -0.1) is 0 Å². The second-order valence-electron chi connectivity index (χ2n) is 5.78. The topological polar surface area (TPSA) is 42.5 Å². The van der Waals surface area contributed by atoms with Crippen molar-refractivity contribution in [1.82, 2.24) is 5.32 Å². The third kappa shape index (κ3) is 3.93. The van der Waals surface area contributed by atoms with E-state index >= 15 is 0 Å². The molecule has 0 saturated carbocycles. The lowest BCUT2D eigenvalue weighted by atomic mass is 10.0. The van der Waals surface area contributed by atoms with E-state index in [-0.39, 0.29) is 0 Å². The fourth-order valence-electron chi connectivity index (χ4n) is 2.38. The Labute approximate surface area is 141 Å². The Balaban J connectivity index is 1.56. The summed E-state index contributed by atoms with van der Waals surface area (Å²) < 4.78 is 10.7. The Morgan fingerprint density at radius 1 is 1.13 bits per heavy atom. The predicted octanol–water partition coefficient (Wildman–Crippen LogP) is 4.03. The molecule has 0 aliphatic carbocycles. The van der Waals surface area contributed by atoms with Crippen LogP contribution >= 0.6 is 12.2 Å². The Morgan fingerprint density at radius 2 is 1.96 bits per heavy atom. The van der Waals surface area contributed by atoms with Gasteiger partial charge in [-0.25, -0.2) is 0 Å². The molecule has 1 aliphatic rings. The highest BCUT2D eigenvalue weighted by Gasteiger charge is 2.13. The highest BCUT2D eigenvalue weighted by atomic mass is 32.1. The number of rotatable bonds is 4. The number of hydrogen-bond acceptors (Lipinski definition) is 3. The van der Waals surface area contributed by atoms with Crippen molar-refractivity contribution in [2.75, 3.05) is 12.1 Å². The highest BCUT2D eigenvalue weighted by molar-refractivity contribution is 7.80. The minimum absolute atomic E-state index is 0.290. The summed E-state index contributed by atoms with van der Waals surface area (Å²) in [5, 5.41) is 7.04. The molecule has 0 unspecified atom stereocenters. The van der Waals surface area contributed by atoms with Crippen molar-refractivity contribution in [3.05, 3.63) is 53.6 Å². The van der Waals surface area contributed by atoms with E-state index in [2.05, 4.69) is 36.6 Å². The van der Waals surface area contributed by atoms with Crippen LogP contribution in [-0.4, -0.2) is 11.9 Å². The van der Waals surface area contributed by atoms with Gasteiger partial charge in [-0.1, -0.05) is 32.0 Å². The molecule has 0 saturated heterocycles.